The van der Waals surface area contributed by atoms with Crippen molar-refractivity contribution < 1.29 is 0 Å². The van der Waals surface area contributed by atoms with Gasteiger partial charge in [-0.2, -0.15) is 5.10 Å². The van der Waals surface area contributed by atoms with Gasteiger partial charge < -0.3 is 5.32 Å². The highest BCUT2D eigenvalue weighted by Gasteiger charge is 2.11. The van der Waals surface area contributed by atoms with Crippen LogP contribution in [0.4, 0.5) is 0 Å². The van der Waals surface area contributed by atoms with Crippen LogP contribution in [0.2, 0.25) is 0 Å². The number of hydrogen-bond donors (Lipinski definition) is 1. The minimum absolute atomic E-state index is 0.393. The molecule has 114 valence electrons. The molecule has 0 aliphatic heterocycles. The number of aromatic nitrogens is 2. The molecule has 3 heteroatoms. The van der Waals surface area contributed by atoms with Crippen LogP contribution in [-0.2, 0) is 6.54 Å². The maximum atomic E-state index is 4.71. The van der Waals surface area contributed by atoms with Gasteiger partial charge in [0.15, 0.2) is 0 Å². The van der Waals surface area contributed by atoms with Crippen LogP contribution in [0, 0.1) is 0 Å². The summed E-state index contributed by atoms with van der Waals surface area (Å²) in [4.78, 5) is 0. The minimum atomic E-state index is 0.393. The number of benzene rings is 1. The van der Waals surface area contributed by atoms with Crippen molar-refractivity contribution in [2.45, 2.75) is 58.7 Å². The smallest absolute Gasteiger partial charge is 0.0762 e. The van der Waals surface area contributed by atoms with Gasteiger partial charge in [0.25, 0.3) is 0 Å². The summed E-state index contributed by atoms with van der Waals surface area (Å²) in [5.74, 6) is 0. The van der Waals surface area contributed by atoms with Gasteiger partial charge in [-0.25, -0.2) is 0 Å². The van der Waals surface area contributed by atoms with Gasteiger partial charge in [-0.15, -0.1) is 0 Å². The molecule has 0 fully saturated rings. The molecule has 1 N–H and O–H groups in total. The second kappa shape index (κ2) is 7.99. The average Bonchev–Trinajstić information content (AvgIpc) is 2.99. The Kier molecular flexibility index (Phi) is 6.00. The zero-order chi connectivity index (χ0) is 15.1. The summed E-state index contributed by atoms with van der Waals surface area (Å²) in [5.41, 5.74) is 2.47. The van der Waals surface area contributed by atoms with E-state index in [1.807, 2.05) is 0 Å². The summed E-state index contributed by atoms with van der Waals surface area (Å²) in [6.07, 6.45) is 5.45. The predicted molar refractivity (Wildman–Crippen MR) is 88.2 cm³/mol. The number of nitrogens with one attached hydrogen (secondary N) is 1. The lowest BCUT2D eigenvalue weighted by atomic mass is 10.0. The fourth-order valence-electron chi connectivity index (χ4n) is 2.75. The lowest BCUT2D eigenvalue weighted by Gasteiger charge is -2.17. The van der Waals surface area contributed by atoms with Crippen LogP contribution in [0.1, 0.15) is 63.4 Å². The third-order valence-electron chi connectivity index (χ3n) is 4.12. The molecule has 1 heterocycles. The van der Waals surface area contributed by atoms with Crippen LogP contribution in [0.25, 0.3) is 0 Å². The van der Waals surface area contributed by atoms with Gasteiger partial charge in [-0.1, -0.05) is 51.1 Å². The van der Waals surface area contributed by atoms with Gasteiger partial charge in [0, 0.05) is 18.8 Å². The molecule has 21 heavy (non-hydrogen) atoms. The average molecular weight is 285 g/mol. The van der Waals surface area contributed by atoms with Crippen LogP contribution < -0.4 is 5.32 Å². The molecule has 0 saturated heterocycles. The third-order valence-corrected chi connectivity index (χ3v) is 4.12. The Morgan fingerprint density at radius 1 is 1.00 bits per heavy atom. The van der Waals surface area contributed by atoms with E-state index in [9.17, 15) is 0 Å². The van der Waals surface area contributed by atoms with E-state index >= 15 is 0 Å². The molecular formula is C18H27N3. The number of nitrogens with zero attached hydrogens (tertiary/aromatic N) is 2. The van der Waals surface area contributed by atoms with Crippen molar-refractivity contribution >= 4 is 0 Å². The van der Waals surface area contributed by atoms with Crippen LogP contribution in [0.15, 0.2) is 42.6 Å². The van der Waals surface area contributed by atoms with Crippen molar-refractivity contribution in [3.63, 3.8) is 0 Å². The maximum absolute atomic E-state index is 4.71. The SMILES string of the molecule is CCC(NCc1ccn(C(CC)CC)n1)c1ccccc1. The van der Waals surface area contributed by atoms with Crippen molar-refractivity contribution in [2.75, 3.05) is 0 Å². The normalized spacial score (nSPS) is 12.8. The lowest BCUT2D eigenvalue weighted by Crippen LogP contribution is -2.20. The Labute approximate surface area is 128 Å². The molecule has 1 aromatic carbocycles. The standard InChI is InChI=1S/C18H27N3/c1-4-17(5-2)21-13-12-16(20-21)14-19-18(6-3)15-10-8-7-9-11-15/h7-13,17-19H,4-6,14H2,1-3H3. The molecule has 3 nitrogen and oxygen atoms in total. The summed E-state index contributed by atoms with van der Waals surface area (Å²) >= 11 is 0. The Bertz CT molecular complexity index is 514. The highest BCUT2D eigenvalue weighted by Crippen LogP contribution is 2.17. The monoisotopic (exact) mass is 285 g/mol. The van der Waals surface area contributed by atoms with E-state index in [1.165, 1.54) is 5.56 Å². The maximum Gasteiger partial charge on any atom is 0.0762 e. The Morgan fingerprint density at radius 2 is 1.71 bits per heavy atom. The Balaban J connectivity index is 1.96. The number of rotatable bonds is 8. The van der Waals surface area contributed by atoms with Crippen LogP contribution in [-0.4, -0.2) is 9.78 Å². The first-order chi connectivity index (χ1) is 10.3. The van der Waals surface area contributed by atoms with Crippen molar-refractivity contribution in [3.8, 4) is 0 Å². The first-order valence-corrected chi connectivity index (χ1v) is 8.10. The van der Waals surface area contributed by atoms with Crippen molar-refractivity contribution in [1.82, 2.24) is 15.1 Å². The molecule has 2 rings (SSSR count). The quantitative estimate of drug-likeness (QED) is 0.774. The van der Waals surface area contributed by atoms with Gasteiger partial charge in [-0.3, -0.25) is 4.68 Å². The van der Waals surface area contributed by atoms with Gasteiger partial charge in [0.05, 0.1) is 11.7 Å². The van der Waals surface area contributed by atoms with Crippen LogP contribution in [0.3, 0.4) is 0 Å². The summed E-state index contributed by atoms with van der Waals surface area (Å²) in [6, 6.07) is 13.7. The van der Waals surface area contributed by atoms with E-state index in [-0.39, 0.29) is 0 Å². The molecule has 0 aliphatic rings. The summed E-state index contributed by atoms with van der Waals surface area (Å²) in [6.45, 7) is 7.47. The van der Waals surface area contributed by atoms with E-state index in [0.717, 1.165) is 31.5 Å². The van der Waals surface area contributed by atoms with Gasteiger partial charge >= 0.3 is 0 Å². The second-order valence-electron chi connectivity index (χ2n) is 5.51. The summed E-state index contributed by atoms with van der Waals surface area (Å²) in [5, 5.41) is 8.32. The zero-order valence-electron chi connectivity index (χ0n) is 13.4. The van der Waals surface area contributed by atoms with E-state index in [0.29, 0.717) is 12.1 Å². The fourth-order valence-corrected chi connectivity index (χ4v) is 2.75. The number of hydrogen-bond acceptors (Lipinski definition) is 2. The molecule has 1 aromatic heterocycles. The van der Waals surface area contributed by atoms with E-state index < -0.39 is 0 Å². The van der Waals surface area contributed by atoms with Crippen LogP contribution in [0.5, 0.6) is 0 Å². The summed E-state index contributed by atoms with van der Waals surface area (Å²) < 4.78 is 2.11. The Morgan fingerprint density at radius 3 is 2.33 bits per heavy atom. The van der Waals surface area contributed by atoms with Gasteiger partial charge in [0.2, 0.25) is 0 Å². The molecule has 0 bridgehead atoms. The predicted octanol–water partition coefficient (Wildman–Crippen LogP) is 4.49. The fraction of sp³-hybridized carbons (Fsp3) is 0.500. The highest BCUT2D eigenvalue weighted by atomic mass is 15.3. The van der Waals surface area contributed by atoms with Gasteiger partial charge in [-0.05, 0) is 30.9 Å². The molecule has 1 atom stereocenters. The first-order valence-electron chi connectivity index (χ1n) is 8.10. The molecule has 0 amide bonds. The Hall–Kier alpha value is -1.61. The molecule has 0 aliphatic carbocycles. The molecular weight excluding hydrogens is 258 g/mol. The van der Waals surface area contributed by atoms with E-state index in [1.54, 1.807) is 0 Å². The van der Waals surface area contributed by atoms with Crippen molar-refractivity contribution in [1.29, 1.82) is 0 Å². The second-order valence-corrected chi connectivity index (χ2v) is 5.51. The van der Waals surface area contributed by atoms with Crippen molar-refractivity contribution in [3.05, 3.63) is 53.9 Å². The van der Waals surface area contributed by atoms with E-state index in [4.69, 9.17) is 5.10 Å². The van der Waals surface area contributed by atoms with Crippen molar-refractivity contribution in [2.24, 2.45) is 0 Å². The summed E-state index contributed by atoms with van der Waals surface area (Å²) in [7, 11) is 0. The molecule has 2 aromatic rings. The molecule has 0 spiro atoms. The third kappa shape index (κ3) is 4.18. The molecule has 1 unspecified atom stereocenters. The zero-order valence-corrected chi connectivity index (χ0v) is 13.4. The van der Waals surface area contributed by atoms with Gasteiger partial charge in [0.1, 0.15) is 0 Å². The first kappa shape index (κ1) is 15.8. The topological polar surface area (TPSA) is 29.9 Å². The lowest BCUT2D eigenvalue weighted by molar-refractivity contribution is 0.421. The minimum Gasteiger partial charge on any atom is -0.304 e. The molecule has 0 saturated carbocycles. The molecule has 0 radical (unpaired) electrons. The highest BCUT2D eigenvalue weighted by molar-refractivity contribution is 5.18. The van der Waals surface area contributed by atoms with Crippen LogP contribution >= 0.6 is 0 Å². The largest absolute Gasteiger partial charge is 0.304 e. The van der Waals surface area contributed by atoms with E-state index in [2.05, 4.69) is 73.4 Å².